The molecule has 4 heteroatoms. The van der Waals surface area contributed by atoms with E-state index in [9.17, 15) is 14.7 Å². The van der Waals surface area contributed by atoms with E-state index in [0.717, 1.165) is 44.9 Å². The molecular weight excluding hydrogens is 448 g/mol. The predicted octanol–water partition coefficient (Wildman–Crippen LogP) is 7.66. The fourth-order valence-corrected chi connectivity index (χ4v) is 11.4. The van der Waals surface area contributed by atoms with E-state index in [-0.39, 0.29) is 33.7 Å². The summed E-state index contributed by atoms with van der Waals surface area (Å²) in [6.07, 6.45) is 11.5. The van der Waals surface area contributed by atoms with Crippen LogP contribution in [-0.2, 0) is 14.3 Å². The number of carboxylic acid groups (broad SMARTS) is 1. The van der Waals surface area contributed by atoms with Gasteiger partial charge in [0.05, 0.1) is 5.41 Å². The molecule has 0 aromatic carbocycles. The fraction of sp³-hybridized carbons (Fsp3) is 0.875. The van der Waals surface area contributed by atoms with E-state index in [1.807, 2.05) is 0 Å². The number of ether oxygens (including phenoxy) is 1. The summed E-state index contributed by atoms with van der Waals surface area (Å²) >= 11 is 0. The van der Waals surface area contributed by atoms with Crippen LogP contribution in [0.2, 0.25) is 0 Å². The normalized spacial score (nSPS) is 51.5. The second-order valence-corrected chi connectivity index (χ2v) is 15.1. The van der Waals surface area contributed by atoms with Gasteiger partial charge in [-0.25, -0.2) is 0 Å². The van der Waals surface area contributed by atoms with Crippen molar-refractivity contribution in [2.24, 2.45) is 56.7 Å². The topological polar surface area (TPSA) is 63.6 Å². The molecule has 0 saturated heterocycles. The highest BCUT2D eigenvalue weighted by Gasteiger charge is 2.72. The van der Waals surface area contributed by atoms with E-state index >= 15 is 0 Å². The minimum atomic E-state index is -0.754. The van der Waals surface area contributed by atoms with Crippen molar-refractivity contribution in [2.75, 3.05) is 0 Å². The van der Waals surface area contributed by atoms with E-state index in [0.29, 0.717) is 29.6 Å². The number of carbonyl (C=O) groups excluding carboxylic acids is 1. The summed E-state index contributed by atoms with van der Waals surface area (Å²) in [6.45, 7) is 18.2. The van der Waals surface area contributed by atoms with Gasteiger partial charge < -0.3 is 9.84 Å². The van der Waals surface area contributed by atoms with Crippen LogP contribution < -0.4 is 0 Å². The highest BCUT2D eigenvalue weighted by molar-refractivity contribution is 5.81. The fourth-order valence-electron chi connectivity index (χ4n) is 11.4. The number of carboxylic acids is 1. The lowest BCUT2D eigenvalue weighted by atomic mass is 9.33. The van der Waals surface area contributed by atoms with Gasteiger partial charge >= 0.3 is 11.9 Å². The number of fused-ring (bicyclic) bond motifs is 7. The van der Waals surface area contributed by atoms with E-state index < -0.39 is 11.4 Å². The molecule has 0 bridgehead atoms. The largest absolute Gasteiger partial charge is 0.481 e. The molecule has 0 aromatic rings. The first-order valence-electron chi connectivity index (χ1n) is 14.8. The zero-order chi connectivity index (χ0) is 26.5. The first kappa shape index (κ1) is 26.3. The van der Waals surface area contributed by atoms with Crippen LogP contribution in [-0.4, -0.2) is 23.1 Å². The third kappa shape index (κ3) is 3.17. The zero-order valence-electron chi connectivity index (χ0n) is 24.1. The molecule has 4 saturated carbocycles. The van der Waals surface area contributed by atoms with Crippen LogP contribution in [0.4, 0.5) is 0 Å². The molecule has 0 spiro atoms. The van der Waals surface area contributed by atoms with Gasteiger partial charge in [0.1, 0.15) is 6.10 Å². The van der Waals surface area contributed by atoms with Gasteiger partial charge in [-0.05, 0) is 104 Å². The Morgan fingerprint density at radius 3 is 2.25 bits per heavy atom. The predicted molar refractivity (Wildman–Crippen MR) is 142 cm³/mol. The highest BCUT2D eigenvalue weighted by atomic mass is 16.5. The maximum Gasteiger partial charge on any atom is 0.314 e. The first-order chi connectivity index (χ1) is 16.6. The summed E-state index contributed by atoms with van der Waals surface area (Å²) in [5, 5.41) is 11.2. The maximum absolute atomic E-state index is 13.6. The number of carbonyl (C=O) groups is 2. The Morgan fingerprint density at radius 1 is 0.917 bits per heavy atom. The monoisotopic (exact) mass is 498 g/mol. The van der Waals surface area contributed by atoms with Crippen molar-refractivity contribution < 1.29 is 19.4 Å². The second kappa shape index (κ2) is 8.09. The molecule has 0 heterocycles. The van der Waals surface area contributed by atoms with Crippen molar-refractivity contribution in [3.05, 3.63) is 11.6 Å². The molecule has 36 heavy (non-hydrogen) atoms. The van der Waals surface area contributed by atoms with Crippen molar-refractivity contribution in [1.82, 2.24) is 0 Å². The van der Waals surface area contributed by atoms with Crippen molar-refractivity contribution in [3.8, 4) is 0 Å². The van der Waals surface area contributed by atoms with Crippen LogP contribution in [0.3, 0.4) is 0 Å². The van der Waals surface area contributed by atoms with E-state index in [1.165, 1.54) is 25.3 Å². The van der Waals surface area contributed by atoms with Gasteiger partial charge in [-0.15, -0.1) is 0 Å². The van der Waals surface area contributed by atoms with Gasteiger partial charge in [-0.3, -0.25) is 9.59 Å². The molecule has 5 rings (SSSR count). The molecule has 0 aliphatic heterocycles. The lowest BCUT2D eigenvalue weighted by Crippen LogP contribution is -2.67. The number of esters is 1. The Morgan fingerprint density at radius 2 is 1.61 bits per heavy atom. The number of aliphatic carboxylic acids is 1. The molecule has 10 atom stereocenters. The molecule has 5 aliphatic rings. The summed E-state index contributed by atoms with van der Waals surface area (Å²) in [7, 11) is 0. The van der Waals surface area contributed by atoms with Gasteiger partial charge in [0.25, 0.3) is 0 Å². The van der Waals surface area contributed by atoms with Crippen LogP contribution in [0.15, 0.2) is 11.6 Å². The lowest BCUT2D eigenvalue weighted by Gasteiger charge is -2.70. The molecule has 202 valence electrons. The third-order valence-electron chi connectivity index (χ3n) is 13.5. The minimum absolute atomic E-state index is 0.0455. The van der Waals surface area contributed by atoms with Crippen LogP contribution in [0.5, 0.6) is 0 Å². The van der Waals surface area contributed by atoms with Crippen LogP contribution in [0.1, 0.15) is 113 Å². The maximum atomic E-state index is 13.6. The van der Waals surface area contributed by atoms with Gasteiger partial charge in [0.2, 0.25) is 0 Å². The molecular formula is C32H50O4. The summed E-state index contributed by atoms with van der Waals surface area (Å²) in [4.78, 5) is 25.5. The van der Waals surface area contributed by atoms with Crippen molar-refractivity contribution >= 4 is 11.9 Å². The molecule has 4 fully saturated rings. The number of rotatable bonds is 2. The third-order valence-corrected chi connectivity index (χ3v) is 13.5. The van der Waals surface area contributed by atoms with E-state index in [2.05, 4.69) is 54.5 Å². The second-order valence-electron chi connectivity index (χ2n) is 15.1. The molecule has 0 radical (unpaired) electrons. The number of hydrogen-bond donors (Lipinski definition) is 1. The summed E-state index contributed by atoms with van der Waals surface area (Å²) in [5.74, 6) is 1.55. The molecule has 0 amide bonds. The zero-order valence-corrected chi connectivity index (χ0v) is 24.1. The average molecular weight is 499 g/mol. The summed E-state index contributed by atoms with van der Waals surface area (Å²) < 4.78 is 5.85. The van der Waals surface area contributed by atoms with Crippen molar-refractivity contribution in [2.45, 2.75) is 119 Å². The highest BCUT2D eigenvalue weighted by Crippen LogP contribution is 2.76. The summed E-state index contributed by atoms with van der Waals surface area (Å²) in [6, 6.07) is 0. The molecule has 0 unspecified atom stereocenters. The van der Waals surface area contributed by atoms with Gasteiger partial charge in [0, 0.05) is 12.3 Å². The average Bonchev–Trinajstić information content (AvgIpc) is 2.77. The van der Waals surface area contributed by atoms with Crippen LogP contribution in [0, 0.1) is 56.7 Å². The van der Waals surface area contributed by atoms with Crippen LogP contribution in [0.25, 0.3) is 0 Å². The van der Waals surface area contributed by atoms with Gasteiger partial charge in [-0.1, -0.05) is 60.1 Å². The Bertz CT molecular complexity index is 981. The standard InChI is InChI=1S/C32H50O4/c1-19-11-14-29(6)17-18-32(27(34)35)22(26(29)20(19)2)9-10-24-30(7)15-13-25(36-21(3)33)28(4,5)23(30)12-16-31(24,32)8/h9,19-20,23-26H,10-18H2,1-8H3,(H,34,35)/t19-,20+,23+,24-,25-,26+,29-,30+,31-,32-/m1/s1. The SMILES string of the molecule is CC(=O)O[C@@H]1CC[C@]2(C)[C@H]3CC=C4[C@@H]5[C@@H](C)[C@H](C)CC[C@]5(C)CC[C@@]4(C(=O)O)[C@]3(C)CC[C@H]2C1(C)C. The Labute approximate surface area is 219 Å². The lowest BCUT2D eigenvalue weighted by molar-refractivity contribution is -0.220. The molecule has 0 aromatic heterocycles. The molecule has 5 aliphatic carbocycles. The Balaban J connectivity index is 1.60. The number of allylic oxidation sites excluding steroid dienone is 1. The Hall–Kier alpha value is -1.32. The molecule has 4 nitrogen and oxygen atoms in total. The summed E-state index contributed by atoms with van der Waals surface area (Å²) in [5.41, 5.74) is 0.459. The first-order valence-corrected chi connectivity index (χ1v) is 14.8. The smallest absolute Gasteiger partial charge is 0.314 e. The van der Waals surface area contributed by atoms with Gasteiger partial charge in [-0.2, -0.15) is 0 Å². The quantitative estimate of drug-likeness (QED) is 0.313. The van der Waals surface area contributed by atoms with E-state index in [1.54, 1.807) is 0 Å². The van der Waals surface area contributed by atoms with E-state index in [4.69, 9.17) is 4.74 Å². The molecule has 1 N–H and O–H groups in total. The Kier molecular flexibility index (Phi) is 5.91. The minimum Gasteiger partial charge on any atom is -0.481 e. The van der Waals surface area contributed by atoms with Gasteiger partial charge in [0.15, 0.2) is 0 Å². The van der Waals surface area contributed by atoms with Crippen LogP contribution >= 0.6 is 0 Å². The van der Waals surface area contributed by atoms with Crippen molar-refractivity contribution in [3.63, 3.8) is 0 Å². The number of hydrogen-bond acceptors (Lipinski definition) is 3. The van der Waals surface area contributed by atoms with Crippen molar-refractivity contribution in [1.29, 1.82) is 0 Å².